The molecule has 2 aromatic rings. The van der Waals surface area contributed by atoms with Crippen LogP contribution in [0.2, 0.25) is 0 Å². The SMILES string of the molecule is NC(=NCc1cccc(C(=O)NCC2CCCO2)c1)Nc1ccccc1. The summed E-state index contributed by atoms with van der Waals surface area (Å²) in [6.07, 6.45) is 2.20. The van der Waals surface area contributed by atoms with Crippen molar-refractivity contribution in [2.45, 2.75) is 25.5 Å². The number of nitrogens with two attached hydrogens (primary N) is 1. The number of carbonyl (C=O) groups is 1. The van der Waals surface area contributed by atoms with Gasteiger partial charge in [0.05, 0.1) is 12.6 Å². The molecule has 0 saturated carbocycles. The maximum Gasteiger partial charge on any atom is 0.251 e. The Labute approximate surface area is 153 Å². The van der Waals surface area contributed by atoms with Gasteiger partial charge in [0.15, 0.2) is 5.96 Å². The van der Waals surface area contributed by atoms with E-state index in [1.54, 1.807) is 6.07 Å². The molecule has 1 heterocycles. The van der Waals surface area contributed by atoms with Crippen LogP contribution in [0.1, 0.15) is 28.8 Å². The number of anilines is 1. The number of hydrogen-bond acceptors (Lipinski definition) is 3. The van der Waals surface area contributed by atoms with Gasteiger partial charge < -0.3 is 21.1 Å². The van der Waals surface area contributed by atoms with Crippen molar-refractivity contribution in [3.63, 3.8) is 0 Å². The molecule has 4 N–H and O–H groups in total. The van der Waals surface area contributed by atoms with Gasteiger partial charge in [-0.05, 0) is 42.7 Å². The quantitative estimate of drug-likeness (QED) is 0.550. The van der Waals surface area contributed by atoms with E-state index in [0.29, 0.717) is 24.6 Å². The zero-order chi connectivity index (χ0) is 18.2. The summed E-state index contributed by atoms with van der Waals surface area (Å²) in [5.41, 5.74) is 8.34. The van der Waals surface area contributed by atoms with Crippen LogP contribution in [0.5, 0.6) is 0 Å². The van der Waals surface area contributed by atoms with Crippen molar-refractivity contribution >= 4 is 17.6 Å². The number of benzene rings is 2. The van der Waals surface area contributed by atoms with E-state index in [4.69, 9.17) is 10.5 Å². The Hall–Kier alpha value is -2.86. The van der Waals surface area contributed by atoms with Gasteiger partial charge >= 0.3 is 0 Å². The lowest BCUT2D eigenvalue weighted by Crippen LogP contribution is -2.31. The molecule has 2 aromatic carbocycles. The Balaban J connectivity index is 1.54. The number of carbonyl (C=O) groups excluding carboxylic acids is 1. The largest absolute Gasteiger partial charge is 0.376 e. The molecule has 0 aromatic heterocycles. The first-order valence-electron chi connectivity index (χ1n) is 8.81. The highest BCUT2D eigenvalue weighted by Crippen LogP contribution is 2.12. The van der Waals surface area contributed by atoms with E-state index < -0.39 is 0 Å². The maximum atomic E-state index is 12.3. The first-order valence-corrected chi connectivity index (χ1v) is 8.81. The maximum absolute atomic E-state index is 12.3. The highest BCUT2D eigenvalue weighted by atomic mass is 16.5. The predicted molar refractivity (Wildman–Crippen MR) is 103 cm³/mol. The Morgan fingerprint density at radius 1 is 1.19 bits per heavy atom. The number of aliphatic imine (C=N–C) groups is 1. The molecule has 6 nitrogen and oxygen atoms in total. The molecule has 1 aliphatic heterocycles. The summed E-state index contributed by atoms with van der Waals surface area (Å²) in [6.45, 7) is 1.74. The Morgan fingerprint density at radius 3 is 2.81 bits per heavy atom. The summed E-state index contributed by atoms with van der Waals surface area (Å²) >= 11 is 0. The first-order chi connectivity index (χ1) is 12.7. The van der Waals surface area contributed by atoms with E-state index in [-0.39, 0.29) is 12.0 Å². The number of guanidine groups is 1. The molecule has 1 fully saturated rings. The van der Waals surface area contributed by atoms with E-state index in [1.807, 2.05) is 48.5 Å². The molecule has 0 spiro atoms. The molecule has 136 valence electrons. The number of amides is 1. The molecule has 26 heavy (non-hydrogen) atoms. The molecule has 3 rings (SSSR count). The normalized spacial score (nSPS) is 17.1. The van der Waals surface area contributed by atoms with Crippen LogP contribution in [0.4, 0.5) is 5.69 Å². The van der Waals surface area contributed by atoms with Crippen molar-refractivity contribution in [1.29, 1.82) is 0 Å². The average molecular weight is 352 g/mol. The summed E-state index contributed by atoms with van der Waals surface area (Å²) in [7, 11) is 0. The summed E-state index contributed by atoms with van der Waals surface area (Å²) in [4.78, 5) is 16.6. The molecule has 1 atom stereocenters. The zero-order valence-corrected chi connectivity index (χ0v) is 14.7. The van der Waals surface area contributed by atoms with Gasteiger partial charge in [-0.15, -0.1) is 0 Å². The van der Waals surface area contributed by atoms with E-state index in [1.165, 1.54) is 0 Å². The molecule has 1 amide bonds. The van der Waals surface area contributed by atoms with Crippen molar-refractivity contribution in [3.8, 4) is 0 Å². The number of nitrogens with zero attached hydrogens (tertiary/aromatic N) is 1. The van der Waals surface area contributed by atoms with Gasteiger partial charge in [-0.3, -0.25) is 4.79 Å². The van der Waals surface area contributed by atoms with Gasteiger partial charge in [0.25, 0.3) is 5.91 Å². The third-order valence-corrected chi connectivity index (χ3v) is 4.18. The second kappa shape index (κ2) is 9.01. The Bertz CT molecular complexity index is 755. The molecular formula is C20H24N4O2. The standard InChI is InChI=1S/C20H24N4O2/c21-20(24-17-8-2-1-3-9-17)23-13-15-6-4-7-16(12-15)19(25)22-14-18-10-5-11-26-18/h1-4,6-9,12,18H,5,10-11,13-14H2,(H,22,25)(H3,21,23,24). The van der Waals surface area contributed by atoms with Crippen LogP contribution in [0.15, 0.2) is 59.6 Å². The van der Waals surface area contributed by atoms with E-state index in [9.17, 15) is 4.79 Å². The van der Waals surface area contributed by atoms with Crippen LogP contribution in [0.3, 0.4) is 0 Å². The molecule has 1 unspecified atom stereocenters. The number of rotatable bonds is 6. The van der Waals surface area contributed by atoms with E-state index >= 15 is 0 Å². The topological polar surface area (TPSA) is 88.7 Å². The fraction of sp³-hybridized carbons (Fsp3) is 0.300. The highest BCUT2D eigenvalue weighted by molar-refractivity contribution is 5.94. The molecule has 1 aliphatic rings. The van der Waals surface area contributed by atoms with Gasteiger partial charge in [-0.1, -0.05) is 30.3 Å². The summed E-state index contributed by atoms with van der Waals surface area (Å²) in [5.74, 6) is 0.242. The molecular weight excluding hydrogens is 328 g/mol. The van der Waals surface area contributed by atoms with Crippen LogP contribution in [-0.4, -0.2) is 31.1 Å². The fourth-order valence-corrected chi connectivity index (χ4v) is 2.81. The lowest BCUT2D eigenvalue weighted by Gasteiger charge is -2.11. The smallest absolute Gasteiger partial charge is 0.251 e. The fourth-order valence-electron chi connectivity index (χ4n) is 2.81. The second-order valence-corrected chi connectivity index (χ2v) is 6.24. The number of para-hydroxylation sites is 1. The zero-order valence-electron chi connectivity index (χ0n) is 14.7. The molecule has 0 aliphatic carbocycles. The second-order valence-electron chi connectivity index (χ2n) is 6.24. The number of ether oxygens (including phenoxy) is 1. The van der Waals surface area contributed by atoms with Gasteiger partial charge in [-0.2, -0.15) is 0 Å². The van der Waals surface area contributed by atoms with E-state index in [2.05, 4.69) is 15.6 Å². The van der Waals surface area contributed by atoms with Crippen LogP contribution in [0, 0.1) is 0 Å². The molecule has 1 saturated heterocycles. The molecule has 0 bridgehead atoms. The summed E-state index contributed by atoms with van der Waals surface area (Å²) in [5, 5.41) is 5.96. The minimum Gasteiger partial charge on any atom is -0.376 e. The first kappa shape index (κ1) is 17.9. The van der Waals surface area contributed by atoms with Crippen molar-refractivity contribution in [2.24, 2.45) is 10.7 Å². The number of hydrogen-bond donors (Lipinski definition) is 3. The summed E-state index contributed by atoms with van der Waals surface area (Å²) in [6, 6.07) is 17.0. The van der Waals surface area contributed by atoms with Crippen LogP contribution >= 0.6 is 0 Å². The number of nitrogens with one attached hydrogen (secondary N) is 2. The van der Waals surface area contributed by atoms with Crippen molar-refractivity contribution in [3.05, 3.63) is 65.7 Å². The minimum absolute atomic E-state index is 0.0956. The third kappa shape index (κ3) is 5.32. The van der Waals surface area contributed by atoms with Gasteiger partial charge in [0.1, 0.15) is 0 Å². The minimum atomic E-state index is -0.0956. The van der Waals surface area contributed by atoms with Crippen LogP contribution in [-0.2, 0) is 11.3 Å². The van der Waals surface area contributed by atoms with Crippen molar-refractivity contribution < 1.29 is 9.53 Å². The Morgan fingerprint density at radius 2 is 2.04 bits per heavy atom. The predicted octanol–water partition coefficient (Wildman–Crippen LogP) is 2.52. The highest BCUT2D eigenvalue weighted by Gasteiger charge is 2.16. The van der Waals surface area contributed by atoms with E-state index in [0.717, 1.165) is 30.7 Å². The monoisotopic (exact) mass is 352 g/mol. The lowest BCUT2D eigenvalue weighted by atomic mass is 10.1. The third-order valence-electron chi connectivity index (χ3n) is 4.18. The van der Waals surface area contributed by atoms with Crippen molar-refractivity contribution in [2.75, 3.05) is 18.5 Å². The van der Waals surface area contributed by atoms with Crippen LogP contribution < -0.4 is 16.4 Å². The van der Waals surface area contributed by atoms with Crippen LogP contribution in [0.25, 0.3) is 0 Å². The molecule has 6 heteroatoms. The van der Waals surface area contributed by atoms with Gasteiger partial charge in [0, 0.05) is 24.4 Å². The lowest BCUT2D eigenvalue weighted by molar-refractivity contribution is 0.0857. The Kier molecular flexibility index (Phi) is 6.22. The van der Waals surface area contributed by atoms with Gasteiger partial charge in [-0.25, -0.2) is 4.99 Å². The average Bonchev–Trinajstić information content (AvgIpc) is 3.19. The van der Waals surface area contributed by atoms with Gasteiger partial charge in [0.2, 0.25) is 0 Å². The summed E-state index contributed by atoms with van der Waals surface area (Å²) < 4.78 is 5.52. The molecule has 0 radical (unpaired) electrons. The van der Waals surface area contributed by atoms with Crippen molar-refractivity contribution in [1.82, 2.24) is 5.32 Å².